The summed E-state index contributed by atoms with van der Waals surface area (Å²) in [5, 5.41) is 7.59. The van der Waals surface area contributed by atoms with Crippen LogP contribution in [0.15, 0.2) is 18.5 Å². The van der Waals surface area contributed by atoms with Crippen LogP contribution in [0.2, 0.25) is 0 Å². The van der Waals surface area contributed by atoms with Gasteiger partial charge in [-0.1, -0.05) is 6.92 Å². The average Bonchev–Trinajstić information content (AvgIpc) is 2.66. The Bertz CT molecular complexity index is 486. The third kappa shape index (κ3) is 2.68. The summed E-state index contributed by atoms with van der Waals surface area (Å²) >= 11 is 0. The van der Waals surface area contributed by atoms with Crippen LogP contribution in [0, 0.1) is 13.8 Å². The predicted molar refractivity (Wildman–Crippen MR) is 66.0 cm³/mol. The molecule has 0 atom stereocenters. The third-order valence-corrected chi connectivity index (χ3v) is 2.47. The lowest BCUT2D eigenvalue weighted by atomic mass is 10.3. The fourth-order valence-corrected chi connectivity index (χ4v) is 1.65. The van der Waals surface area contributed by atoms with E-state index in [-0.39, 0.29) is 0 Å². The van der Waals surface area contributed by atoms with Crippen LogP contribution in [-0.4, -0.2) is 26.3 Å². The molecule has 5 heteroatoms. The Balaban J connectivity index is 2.20. The molecule has 1 N–H and O–H groups in total. The van der Waals surface area contributed by atoms with Crippen molar-refractivity contribution in [2.75, 3.05) is 6.54 Å². The molecule has 0 amide bonds. The van der Waals surface area contributed by atoms with E-state index < -0.39 is 0 Å². The van der Waals surface area contributed by atoms with Crippen LogP contribution in [0.5, 0.6) is 0 Å². The summed E-state index contributed by atoms with van der Waals surface area (Å²) in [4.78, 5) is 8.65. The Labute approximate surface area is 101 Å². The number of nitrogens with zero attached hydrogens (tertiary/aromatic N) is 4. The molecule has 17 heavy (non-hydrogen) atoms. The van der Waals surface area contributed by atoms with Gasteiger partial charge in [-0.2, -0.15) is 5.10 Å². The highest BCUT2D eigenvalue weighted by molar-refractivity contribution is 5.19. The SMILES string of the molecule is CCNCc1cnc(-n2nc(C)cc2C)nc1. The van der Waals surface area contributed by atoms with E-state index in [2.05, 4.69) is 27.3 Å². The highest BCUT2D eigenvalue weighted by Gasteiger charge is 2.05. The van der Waals surface area contributed by atoms with E-state index in [1.807, 2.05) is 32.3 Å². The molecule has 0 bridgehead atoms. The highest BCUT2D eigenvalue weighted by atomic mass is 15.3. The smallest absolute Gasteiger partial charge is 0.250 e. The number of aryl methyl sites for hydroxylation is 2. The van der Waals surface area contributed by atoms with Crippen molar-refractivity contribution in [2.45, 2.75) is 27.3 Å². The summed E-state index contributed by atoms with van der Waals surface area (Å²) in [6.07, 6.45) is 3.67. The number of aromatic nitrogens is 4. The van der Waals surface area contributed by atoms with E-state index >= 15 is 0 Å². The van der Waals surface area contributed by atoms with E-state index in [0.717, 1.165) is 30.0 Å². The van der Waals surface area contributed by atoms with Crippen molar-refractivity contribution in [1.29, 1.82) is 0 Å². The molecule has 0 aliphatic rings. The summed E-state index contributed by atoms with van der Waals surface area (Å²) in [5.41, 5.74) is 3.10. The molecule has 90 valence electrons. The lowest BCUT2D eigenvalue weighted by Crippen LogP contribution is -2.13. The van der Waals surface area contributed by atoms with Gasteiger partial charge >= 0.3 is 0 Å². The fourth-order valence-electron chi connectivity index (χ4n) is 1.65. The van der Waals surface area contributed by atoms with Gasteiger partial charge in [-0.15, -0.1) is 0 Å². The second-order valence-electron chi connectivity index (χ2n) is 4.01. The van der Waals surface area contributed by atoms with Gasteiger partial charge in [-0.25, -0.2) is 14.6 Å². The van der Waals surface area contributed by atoms with Gasteiger partial charge in [0.1, 0.15) is 0 Å². The molecule has 0 aliphatic heterocycles. The van der Waals surface area contributed by atoms with Gasteiger partial charge in [0.2, 0.25) is 0 Å². The van der Waals surface area contributed by atoms with Gasteiger partial charge in [0.15, 0.2) is 0 Å². The van der Waals surface area contributed by atoms with Gasteiger partial charge < -0.3 is 5.32 Å². The van der Waals surface area contributed by atoms with E-state index in [0.29, 0.717) is 5.95 Å². The maximum Gasteiger partial charge on any atom is 0.250 e. The maximum atomic E-state index is 4.35. The Morgan fingerprint density at radius 3 is 2.47 bits per heavy atom. The molecule has 5 nitrogen and oxygen atoms in total. The zero-order chi connectivity index (χ0) is 12.3. The molecule has 0 fully saturated rings. The second-order valence-corrected chi connectivity index (χ2v) is 4.01. The van der Waals surface area contributed by atoms with Crippen molar-refractivity contribution in [1.82, 2.24) is 25.1 Å². The molecule has 0 aliphatic carbocycles. The summed E-state index contributed by atoms with van der Waals surface area (Å²) in [7, 11) is 0. The monoisotopic (exact) mass is 231 g/mol. The van der Waals surface area contributed by atoms with Crippen LogP contribution in [0.25, 0.3) is 5.95 Å². The van der Waals surface area contributed by atoms with E-state index in [9.17, 15) is 0 Å². The number of hydrogen-bond donors (Lipinski definition) is 1. The van der Waals surface area contributed by atoms with Gasteiger partial charge in [-0.05, 0) is 26.5 Å². The van der Waals surface area contributed by atoms with Gasteiger partial charge in [0.25, 0.3) is 5.95 Å². The Hall–Kier alpha value is -1.75. The lowest BCUT2D eigenvalue weighted by molar-refractivity contribution is 0.712. The van der Waals surface area contributed by atoms with Gasteiger partial charge in [0.05, 0.1) is 5.69 Å². The zero-order valence-corrected chi connectivity index (χ0v) is 10.4. The van der Waals surface area contributed by atoms with Crippen molar-refractivity contribution < 1.29 is 0 Å². The van der Waals surface area contributed by atoms with Crippen molar-refractivity contribution in [3.8, 4) is 5.95 Å². The molecule has 2 aromatic heterocycles. The first-order valence-electron chi connectivity index (χ1n) is 5.76. The minimum Gasteiger partial charge on any atom is -0.313 e. The van der Waals surface area contributed by atoms with Crippen molar-refractivity contribution in [2.24, 2.45) is 0 Å². The zero-order valence-electron chi connectivity index (χ0n) is 10.4. The molecule has 0 spiro atoms. The average molecular weight is 231 g/mol. The summed E-state index contributed by atoms with van der Waals surface area (Å²) in [6.45, 7) is 7.77. The topological polar surface area (TPSA) is 55.6 Å². The molecule has 0 saturated carbocycles. The Morgan fingerprint density at radius 2 is 1.94 bits per heavy atom. The first kappa shape index (κ1) is 11.7. The van der Waals surface area contributed by atoms with E-state index in [1.54, 1.807) is 4.68 Å². The Kier molecular flexibility index (Phi) is 3.49. The Morgan fingerprint density at radius 1 is 1.24 bits per heavy atom. The van der Waals surface area contributed by atoms with E-state index in [1.165, 1.54) is 0 Å². The first-order chi connectivity index (χ1) is 8.20. The van der Waals surface area contributed by atoms with Crippen LogP contribution in [0.3, 0.4) is 0 Å². The summed E-state index contributed by atoms with van der Waals surface area (Å²) in [5.74, 6) is 0.621. The summed E-state index contributed by atoms with van der Waals surface area (Å²) in [6, 6.07) is 2.01. The van der Waals surface area contributed by atoms with Gasteiger partial charge in [-0.3, -0.25) is 0 Å². The molecular formula is C12H17N5. The minimum absolute atomic E-state index is 0.621. The summed E-state index contributed by atoms with van der Waals surface area (Å²) < 4.78 is 1.76. The fraction of sp³-hybridized carbons (Fsp3) is 0.417. The molecule has 2 aromatic rings. The predicted octanol–water partition coefficient (Wildman–Crippen LogP) is 1.39. The number of rotatable bonds is 4. The molecule has 2 rings (SSSR count). The molecule has 0 radical (unpaired) electrons. The molecule has 0 unspecified atom stereocenters. The van der Waals surface area contributed by atoms with Crippen molar-refractivity contribution in [3.05, 3.63) is 35.4 Å². The maximum absolute atomic E-state index is 4.35. The molecule has 0 aromatic carbocycles. The molecule has 0 saturated heterocycles. The lowest BCUT2D eigenvalue weighted by Gasteiger charge is -2.04. The molecular weight excluding hydrogens is 214 g/mol. The van der Waals surface area contributed by atoms with Crippen LogP contribution in [0.1, 0.15) is 23.9 Å². The molecule has 2 heterocycles. The van der Waals surface area contributed by atoms with Crippen LogP contribution < -0.4 is 5.32 Å². The highest BCUT2D eigenvalue weighted by Crippen LogP contribution is 2.07. The largest absolute Gasteiger partial charge is 0.313 e. The normalized spacial score (nSPS) is 10.8. The van der Waals surface area contributed by atoms with Crippen molar-refractivity contribution >= 4 is 0 Å². The standard InChI is InChI=1S/C12H17N5/c1-4-13-6-11-7-14-12(15-8-11)17-10(3)5-9(2)16-17/h5,7-8,13H,4,6H2,1-3H3. The second kappa shape index (κ2) is 5.05. The van der Waals surface area contributed by atoms with Crippen LogP contribution in [-0.2, 0) is 6.54 Å². The number of nitrogens with one attached hydrogen (secondary N) is 1. The third-order valence-electron chi connectivity index (χ3n) is 2.47. The van der Waals surface area contributed by atoms with Crippen LogP contribution in [0.4, 0.5) is 0 Å². The minimum atomic E-state index is 0.621. The number of hydrogen-bond acceptors (Lipinski definition) is 4. The van der Waals surface area contributed by atoms with E-state index in [4.69, 9.17) is 0 Å². The van der Waals surface area contributed by atoms with Gasteiger partial charge in [0, 0.05) is 30.2 Å². The first-order valence-corrected chi connectivity index (χ1v) is 5.76. The van der Waals surface area contributed by atoms with Crippen LogP contribution >= 0.6 is 0 Å². The quantitative estimate of drug-likeness (QED) is 0.864. The van der Waals surface area contributed by atoms with Crippen molar-refractivity contribution in [3.63, 3.8) is 0 Å².